The van der Waals surface area contributed by atoms with Gasteiger partial charge in [0.15, 0.2) is 6.61 Å². The maximum atomic E-state index is 12.2. The van der Waals surface area contributed by atoms with E-state index in [1.165, 1.54) is 16.4 Å². The number of benzene rings is 1. The summed E-state index contributed by atoms with van der Waals surface area (Å²) in [6, 6.07) is 12.2. The van der Waals surface area contributed by atoms with Gasteiger partial charge in [0.05, 0.1) is 11.3 Å². The Kier molecular flexibility index (Phi) is 6.33. The molecule has 9 heteroatoms. The fourth-order valence-electron chi connectivity index (χ4n) is 2.44. The van der Waals surface area contributed by atoms with Gasteiger partial charge in [0.1, 0.15) is 10.8 Å². The van der Waals surface area contributed by atoms with Crippen LogP contribution in [0.4, 0.5) is 5.82 Å². The maximum absolute atomic E-state index is 12.2. The number of hydrogen-bond donors (Lipinski definition) is 1. The zero-order valence-corrected chi connectivity index (χ0v) is 16.8. The molecule has 0 aliphatic rings. The summed E-state index contributed by atoms with van der Waals surface area (Å²) in [5.41, 5.74) is 1.88. The Morgan fingerprint density at radius 2 is 2.00 bits per heavy atom. The summed E-state index contributed by atoms with van der Waals surface area (Å²) in [5, 5.41) is 8.23. The van der Waals surface area contributed by atoms with Crippen LogP contribution in [-0.2, 0) is 16.6 Å². The number of ether oxygens (including phenoxy) is 1. The maximum Gasteiger partial charge on any atom is 0.341 e. The van der Waals surface area contributed by atoms with Crippen molar-refractivity contribution in [3.63, 3.8) is 0 Å². The van der Waals surface area contributed by atoms with Crippen LogP contribution in [0.25, 0.3) is 11.3 Å². The van der Waals surface area contributed by atoms with Crippen molar-refractivity contribution in [2.45, 2.75) is 5.03 Å². The van der Waals surface area contributed by atoms with Gasteiger partial charge in [0.25, 0.3) is 5.91 Å². The first-order valence-electron chi connectivity index (χ1n) is 8.24. The number of halogens is 1. The first-order valence-corrected chi connectivity index (χ1v) is 9.84. The second-order valence-corrected chi connectivity index (χ2v) is 6.96. The second kappa shape index (κ2) is 8.90. The Morgan fingerprint density at radius 3 is 2.71 bits per heavy atom. The van der Waals surface area contributed by atoms with E-state index in [0.29, 0.717) is 27.1 Å². The number of rotatable bonds is 6. The van der Waals surface area contributed by atoms with Crippen molar-refractivity contribution in [1.82, 2.24) is 14.8 Å². The third kappa shape index (κ3) is 4.71. The molecule has 1 amide bonds. The number of anilines is 1. The number of esters is 1. The molecule has 0 aliphatic carbocycles. The van der Waals surface area contributed by atoms with Crippen molar-refractivity contribution >= 4 is 41.1 Å². The van der Waals surface area contributed by atoms with Crippen LogP contribution in [0, 0.1) is 0 Å². The molecule has 2 heterocycles. The van der Waals surface area contributed by atoms with Gasteiger partial charge in [0.2, 0.25) is 0 Å². The first-order chi connectivity index (χ1) is 13.5. The van der Waals surface area contributed by atoms with Gasteiger partial charge >= 0.3 is 5.97 Å². The van der Waals surface area contributed by atoms with Gasteiger partial charge in [0, 0.05) is 29.9 Å². The standard InChI is InChI=1S/C19H17ClN4O3S/c1-24-16(10-15(23-24)12-5-7-13(20)8-6-12)22-17(25)11-27-19(26)14-4-3-9-21-18(14)28-2/h3-10H,11H2,1-2H3,(H,22,25). The molecule has 144 valence electrons. The lowest BCUT2D eigenvalue weighted by Crippen LogP contribution is -2.22. The van der Waals surface area contributed by atoms with Crippen LogP contribution in [0.15, 0.2) is 53.7 Å². The van der Waals surface area contributed by atoms with E-state index in [0.717, 1.165) is 5.56 Å². The normalized spacial score (nSPS) is 10.5. The number of thioether (sulfide) groups is 1. The van der Waals surface area contributed by atoms with E-state index in [4.69, 9.17) is 16.3 Å². The molecule has 3 rings (SSSR count). The molecule has 0 saturated carbocycles. The van der Waals surface area contributed by atoms with Crippen molar-refractivity contribution < 1.29 is 14.3 Å². The highest BCUT2D eigenvalue weighted by atomic mass is 35.5. The number of aryl methyl sites for hydroxylation is 1. The monoisotopic (exact) mass is 416 g/mol. The molecule has 3 aromatic rings. The fraction of sp³-hybridized carbons (Fsp3) is 0.158. The number of nitrogens with one attached hydrogen (secondary N) is 1. The summed E-state index contributed by atoms with van der Waals surface area (Å²) >= 11 is 7.23. The first kappa shape index (κ1) is 19.9. The molecule has 2 aromatic heterocycles. The van der Waals surface area contributed by atoms with Gasteiger partial charge in [-0.05, 0) is 30.5 Å². The van der Waals surface area contributed by atoms with Crippen LogP contribution >= 0.6 is 23.4 Å². The largest absolute Gasteiger partial charge is 0.452 e. The molecule has 0 bridgehead atoms. The van der Waals surface area contributed by atoms with Crippen molar-refractivity contribution in [2.24, 2.45) is 7.05 Å². The molecule has 0 radical (unpaired) electrons. The smallest absolute Gasteiger partial charge is 0.341 e. The predicted octanol–water partition coefficient (Wildman–Crippen LogP) is 3.65. The van der Waals surface area contributed by atoms with E-state index in [1.807, 2.05) is 18.4 Å². The Hall–Kier alpha value is -2.84. The topological polar surface area (TPSA) is 86.1 Å². The van der Waals surface area contributed by atoms with Gasteiger partial charge in [-0.15, -0.1) is 11.8 Å². The molecule has 0 spiro atoms. The summed E-state index contributed by atoms with van der Waals surface area (Å²) in [7, 11) is 1.71. The van der Waals surface area contributed by atoms with Gasteiger partial charge in [-0.1, -0.05) is 23.7 Å². The molecule has 28 heavy (non-hydrogen) atoms. The highest BCUT2D eigenvalue weighted by Crippen LogP contribution is 2.23. The SMILES string of the molecule is CSc1ncccc1C(=O)OCC(=O)Nc1cc(-c2ccc(Cl)cc2)nn1C. The molecule has 0 atom stereocenters. The zero-order chi connectivity index (χ0) is 20.1. The van der Waals surface area contributed by atoms with E-state index in [9.17, 15) is 9.59 Å². The second-order valence-electron chi connectivity index (χ2n) is 5.73. The van der Waals surface area contributed by atoms with Gasteiger partial charge < -0.3 is 10.1 Å². The van der Waals surface area contributed by atoms with Crippen LogP contribution in [0.1, 0.15) is 10.4 Å². The summed E-state index contributed by atoms with van der Waals surface area (Å²) < 4.78 is 6.64. The molecule has 0 fully saturated rings. The van der Waals surface area contributed by atoms with Crippen LogP contribution in [0.3, 0.4) is 0 Å². The highest BCUT2D eigenvalue weighted by molar-refractivity contribution is 7.98. The average molecular weight is 417 g/mol. The number of amides is 1. The summed E-state index contributed by atoms with van der Waals surface area (Å²) in [6.07, 6.45) is 3.41. The molecule has 0 aliphatic heterocycles. The summed E-state index contributed by atoms with van der Waals surface area (Å²) in [4.78, 5) is 28.5. The minimum atomic E-state index is -0.598. The van der Waals surface area contributed by atoms with Crippen molar-refractivity contribution in [2.75, 3.05) is 18.2 Å². The van der Waals surface area contributed by atoms with Crippen molar-refractivity contribution in [3.8, 4) is 11.3 Å². The Bertz CT molecular complexity index is 1000. The molecule has 1 aromatic carbocycles. The third-order valence-electron chi connectivity index (χ3n) is 3.81. The van der Waals surface area contributed by atoms with E-state index in [2.05, 4.69) is 15.4 Å². The van der Waals surface area contributed by atoms with E-state index in [-0.39, 0.29) is 0 Å². The average Bonchev–Trinajstić information content (AvgIpc) is 3.06. The molecular weight excluding hydrogens is 400 g/mol. The number of carbonyl (C=O) groups excluding carboxylic acids is 2. The lowest BCUT2D eigenvalue weighted by atomic mass is 10.1. The van der Waals surface area contributed by atoms with Crippen LogP contribution in [0.2, 0.25) is 5.02 Å². The Labute approximate surface area is 171 Å². The Morgan fingerprint density at radius 1 is 1.25 bits per heavy atom. The molecule has 0 saturated heterocycles. The number of pyridine rings is 1. The molecular formula is C19H17ClN4O3S. The number of hydrogen-bond acceptors (Lipinski definition) is 6. The molecule has 7 nitrogen and oxygen atoms in total. The zero-order valence-electron chi connectivity index (χ0n) is 15.2. The van der Waals surface area contributed by atoms with E-state index in [1.54, 1.807) is 43.6 Å². The van der Waals surface area contributed by atoms with Gasteiger partial charge in [-0.3, -0.25) is 9.48 Å². The van der Waals surface area contributed by atoms with Gasteiger partial charge in [-0.25, -0.2) is 9.78 Å². The highest BCUT2D eigenvalue weighted by Gasteiger charge is 2.16. The number of nitrogens with zero attached hydrogens (tertiary/aromatic N) is 3. The lowest BCUT2D eigenvalue weighted by Gasteiger charge is -2.08. The minimum Gasteiger partial charge on any atom is -0.452 e. The van der Waals surface area contributed by atoms with Crippen LogP contribution in [0.5, 0.6) is 0 Å². The van der Waals surface area contributed by atoms with E-state index >= 15 is 0 Å². The van der Waals surface area contributed by atoms with Crippen LogP contribution < -0.4 is 5.32 Å². The van der Waals surface area contributed by atoms with E-state index < -0.39 is 18.5 Å². The number of carbonyl (C=O) groups is 2. The van der Waals surface area contributed by atoms with Crippen LogP contribution in [-0.4, -0.2) is 39.5 Å². The van der Waals surface area contributed by atoms with Gasteiger partial charge in [-0.2, -0.15) is 5.10 Å². The molecule has 0 unspecified atom stereocenters. The minimum absolute atomic E-state index is 0.327. The quantitative estimate of drug-likeness (QED) is 0.487. The van der Waals surface area contributed by atoms with Crippen molar-refractivity contribution in [1.29, 1.82) is 0 Å². The predicted molar refractivity (Wildman–Crippen MR) is 109 cm³/mol. The molecule has 1 N–H and O–H groups in total. The Balaban J connectivity index is 1.62. The summed E-state index contributed by atoms with van der Waals surface area (Å²) in [5.74, 6) is -0.578. The third-order valence-corrected chi connectivity index (χ3v) is 4.77. The van der Waals surface area contributed by atoms with Crippen molar-refractivity contribution in [3.05, 3.63) is 59.2 Å². The fourth-order valence-corrected chi connectivity index (χ4v) is 3.11. The number of aromatic nitrogens is 3. The summed E-state index contributed by atoms with van der Waals surface area (Å²) in [6.45, 7) is -0.414. The lowest BCUT2D eigenvalue weighted by molar-refractivity contribution is -0.119.